The smallest absolute Gasteiger partial charge is 0.306 e. The van der Waals surface area contributed by atoms with E-state index in [9.17, 15) is 19.2 Å². The van der Waals surface area contributed by atoms with E-state index < -0.39 is 17.8 Å². The molecule has 0 bridgehead atoms. The van der Waals surface area contributed by atoms with E-state index >= 15 is 0 Å². The van der Waals surface area contributed by atoms with Crippen LogP contribution in [0, 0.1) is 5.92 Å². The summed E-state index contributed by atoms with van der Waals surface area (Å²) in [5, 5.41) is 8.99. The molecule has 1 saturated heterocycles. The van der Waals surface area contributed by atoms with Crippen LogP contribution in [0.15, 0.2) is 18.2 Å². The van der Waals surface area contributed by atoms with Crippen LogP contribution in [0.3, 0.4) is 0 Å². The summed E-state index contributed by atoms with van der Waals surface area (Å²) in [6.45, 7) is 0.749. The van der Waals surface area contributed by atoms with Crippen molar-refractivity contribution < 1.29 is 24.3 Å². The van der Waals surface area contributed by atoms with Crippen molar-refractivity contribution in [3.63, 3.8) is 0 Å². The molecule has 7 heteroatoms. The van der Waals surface area contributed by atoms with Gasteiger partial charge in [-0.1, -0.05) is 0 Å². The average Bonchev–Trinajstić information content (AvgIpc) is 2.78. The minimum atomic E-state index is -0.832. The molecule has 0 atom stereocenters. The summed E-state index contributed by atoms with van der Waals surface area (Å²) < 4.78 is 0. The molecule has 1 N–H and O–H groups in total. The van der Waals surface area contributed by atoms with Crippen LogP contribution < -0.4 is 0 Å². The number of nitrogens with zero attached hydrogens (tertiary/aromatic N) is 2. The molecular weight excluding hydrogens is 300 g/mol. The first kappa shape index (κ1) is 15.2. The topological polar surface area (TPSA) is 95.0 Å². The Labute approximate surface area is 132 Å². The summed E-state index contributed by atoms with van der Waals surface area (Å²) in [6.07, 6.45) is 0.846. The maximum Gasteiger partial charge on any atom is 0.306 e. The summed E-state index contributed by atoms with van der Waals surface area (Å²) in [7, 11) is 1.41. The molecule has 0 unspecified atom stereocenters. The van der Waals surface area contributed by atoms with Crippen molar-refractivity contribution in [1.82, 2.24) is 9.80 Å². The van der Waals surface area contributed by atoms with Crippen molar-refractivity contribution in [3.8, 4) is 0 Å². The molecule has 7 nitrogen and oxygen atoms in total. The van der Waals surface area contributed by atoms with Crippen molar-refractivity contribution in [2.24, 2.45) is 5.92 Å². The number of likely N-dealkylation sites (tertiary alicyclic amines) is 1. The van der Waals surface area contributed by atoms with E-state index in [-0.39, 0.29) is 17.4 Å². The molecule has 0 aromatic heterocycles. The SMILES string of the molecule is CN1C(=O)c2ccc(C(=O)N3CCC(C(=O)O)CC3)cc2C1=O. The number of carboxylic acid groups (broad SMARTS) is 1. The molecular formula is C16H16N2O5. The third-order valence-electron chi connectivity index (χ3n) is 4.47. The number of imide groups is 1. The number of benzene rings is 1. The minimum Gasteiger partial charge on any atom is -0.481 e. The van der Waals surface area contributed by atoms with Gasteiger partial charge in [0, 0.05) is 25.7 Å². The predicted molar refractivity (Wildman–Crippen MR) is 79.1 cm³/mol. The number of rotatable bonds is 2. The van der Waals surface area contributed by atoms with Gasteiger partial charge in [0.25, 0.3) is 17.7 Å². The fraction of sp³-hybridized carbons (Fsp3) is 0.375. The first-order valence-corrected chi connectivity index (χ1v) is 7.38. The molecule has 1 aromatic rings. The summed E-state index contributed by atoms with van der Waals surface area (Å²) in [6, 6.07) is 4.48. The maximum atomic E-state index is 12.5. The van der Waals surface area contributed by atoms with Crippen LogP contribution in [0.4, 0.5) is 0 Å². The van der Waals surface area contributed by atoms with Crippen molar-refractivity contribution in [1.29, 1.82) is 0 Å². The zero-order valence-corrected chi connectivity index (χ0v) is 12.6. The highest BCUT2D eigenvalue weighted by molar-refractivity contribution is 6.21. The average molecular weight is 316 g/mol. The van der Waals surface area contributed by atoms with Gasteiger partial charge in [0.2, 0.25) is 0 Å². The second kappa shape index (κ2) is 5.49. The van der Waals surface area contributed by atoms with Gasteiger partial charge in [-0.05, 0) is 31.0 Å². The molecule has 2 aliphatic rings. The lowest BCUT2D eigenvalue weighted by molar-refractivity contribution is -0.143. The molecule has 2 heterocycles. The molecule has 0 spiro atoms. The first-order chi connectivity index (χ1) is 10.9. The fourth-order valence-corrected chi connectivity index (χ4v) is 3.01. The largest absolute Gasteiger partial charge is 0.481 e. The Kier molecular flexibility index (Phi) is 3.63. The molecule has 3 rings (SSSR count). The Morgan fingerprint density at radius 1 is 1.09 bits per heavy atom. The number of carbonyl (C=O) groups excluding carboxylic acids is 3. The normalized spacial score (nSPS) is 18.3. The molecule has 0 aliphatic carbocycles. The summed E-state index contributed by atoms with van der Waals surface area (Å²) in [4.78, 5) is 49.9. The second-order valence-corrected chi connectivity index (χ2v) is 5.83. The van der Waals surface area contributed by atoms with Crippen LogP contribution in [0.5, 0.6) is 0 Å². The molecule has 1 aromatic carbocycles. The van der Waals surface area contributed by atoms with Gasteiger partial charge >= 0.3 is 5.97 Å². The number of aliphatic carboxylic acids is 1. The van der Waals surface area contributed by atoms with Gasteiger partial charge in [0.05, 0.1) is 17.0 Å². The number of carboxylic acids is 1. The lowest BCUT2D eigenvalue weighted by Crippen LogP contribution is -2.40. The number of hydrogen-bond donors (Lipinski definition) is 1. The Bertz CT molecular complexity index is 719. The van der Waals surface area contributed by atoms with Gasteiger partial charge in [-0.25, -0.2) is 0 Å². The number of piperidine rings is 1. The fourth-order valence-electron chi connectivity index (χ4n) is 3.01. The third kappa shape index (κ3) is 2.48. The maximum absolute atomic E-state index is 12.5. The highest BCUT2D eigenvalue weighted by Gasteiger charge is 2.34. The predicted octanol–water partition coefficient (Wildman–Crippen LogP) is 0.849. The van der Waals surface area contributed by atoms with Crippen molar-refractivity contribution in [2.45, 2.75) is 12.8 Å². The van der Waals surface area contributed by atoms with E-state index in [1.165, 1.54) is 25.2 Å². The lowest BCUT2D eigenvalue weighted by atomic mass is 9.96. The van der Waals surface area contributed by atoms with E-state index in [0.717, 1.165) is 4.90 Å². The molecule has 0 saturated carbocycles. The van der Waals surface area contributed by atoms with Gasteiger partial charge in [0.15, 0.2) is 0 Å². The van der Waals surface area contributed by atoms with Crippen LogP contribution in [0.25, 0.3) is 0 Å². The summed E-state index contributed by atoms with van der Waals surface area (Å²) >= 11 is 0. The van der Waals surface area contributed by atoms with Crippen molar-refractivity contribution >= 4 is 23.7 Å². The molecule has 1 fully saturated rings. The Balaban J connectivity index is 1.79. The van der Waals surface area contributed by atoms with Gasteiger partial charge in [-0.15, -0.1) is 0 Å². The molecule has 0 radical (unpaired) electrons. The lowest BCUT2D eigenvalue weighted by Gasteiger charge is -2.30. The van der Waals surface area contributed by atoms with Crippen LogP contribution in [-0.4, -0.2) is 58.7 Å². The zero-order valence-electron chi connectivity index (χ0n) is 12.6. The van der Waals surface area contributed by atoms with Gasteiger partial charge < -0.3 is 10.0 Å². The summed E-state index contributed by atoms with van der Waals surface area (Å²) in [5.41, 5.74) is 0.886. The minimum absolute atomic E-state index is 0.240. The molecule has 3 amide bonds. The monoisotopic (exact) mass is 316 g/mol. The van der Waals surface area contributed by atoms with E-state index in [0.29, 0.717) is 37.1 Å². The number of hydrogen-bond acceptors (Lipinski definition) is 4. The molecule has 2 aliphatic heterocycles. The first-order valence-electron chi connectivity index (χ1n) is 7.38. The third-order valence-corrected chi connectivity index (χ3v) is 4.47. The Morgan fingerprint density at radius 3 is 2.30 bits per heavy atom. The number of carbonyl (C=O) groups is 4. The standard InChI is InChI=1S/C16H16N2O5/c1-17-14(20)11-3-2-10(8-12(11)15(17)21)13(19)18-6-4-9(5-7-18)16(22)23/h2-3,8-9H,4-7H2,1H3,(H,22,23). The van der Waals surface area contributed by atoms with E-state index in [4.69, 9.17) is 5.11 Å². The number of amides is 3. The highest BCUT2D eigenvalue weighted by Crippen LogP contribution is 2.24. The quantitative estimate of drug-likeness (QED) is 0.816. The molecule has 23 heavy (non-hydrogen) atoms. The van der Waals surface area contributed by atoms with Crippen LogP contribution in [-0.2, 0) is 4.79 Å². The summed E-state index contributed by atoms with van der Waals surface area (Å²) in [5.74, 6) is -2.27. The van der Waals surface area contributed by atoms with E-state index in [2.05, 4.69) is 0 Å². The van der Waals surface area contributed by atoms with E-state index in [1.54, 1.807) is 4.90 Å². The highest BCUT2D eigenvalue weighted by atomic mass is 16.4. The van der Waals surface area contributed by atoms with Crippen LogP contribution in [0.1, 0.15) is 43.9 Å². The van der Waals surface area contributed by atoms with Gasteiger partial charge in [-0.3, -0.25) is 24.1 Å². The zero-order chi connectivity index (χ0) is 16.7. The van der Waals surface area contributed by atoms with E-state index in [1.807, 2.05) is 0 Å². The molecule has 120 valence electrons. The van der Waals surface area contributed by atoms with Crippen LogP contribution in [0.2, 0.25) is 0 Å². The van der Waals surface area contributed by atoms with Crippen molar-refractivity contribution in [3.05, 3.63) is 34.9 Å². The Hall–Kier alpha value is -2.70. The Morgan fingerprint density at radius 2 is 1.70 bits per heavy atom. The van der Waals surface area contributed by atoms with Crippen molar-refractivity contribution in [2.75, 3.05) is 20.1 Å². The van der Waals surface area contributed by atoms with Gasteiger partial charge in [0.1, 0.15) is 0 Å². The number of fused-ring (bicyclic) bond motifs is 1. The van der Waals surface area contributed by atoms with Crippen LogP contribution >= 0.6 is 0 Å². The second-order valence-electron chi connectivity index (χ2n) is 5.83. The van der Waals surface area contributed by atoms with Gasteiger partial charge in [-0.2, -0.15) is 0 Å².